The van der Waals surface area contributed by atoms with Crippen LogP contribution in [0.2, 0.25) is 0 Å². The van der Waals surface area contributed by atoms with Gasteiger partial charge in [0.05, 0.1) is 12.1 Å². The van der Waals surface area contributed by atoms with Gasteiger partial charge in [-0.15, -0.1) is 0 Å². The molecule has 2 aromatic rings. The molecule has 18 heavy (non-hydrogen) atoms. The molecule has 2 rings (SSSR count). The maximum Gasteiger partial charge on any atom is 0.323 e. The van der Waals surface area contributed by atoms with Crippen LogP contribution < -0.4 is 5.73 Å². The van der Waals surface area contributed by atoms with E-state index in [1.165, 1.54) is 0 Å². The summed E-state index contributed by atoms with van der Waals surface area (Å²) in [6.45, 7) is 2.12. The number of esters is 1. The molecule has 0 fully saturated rings. The van der Waals surface area contributed by atoms with E-state index in [9.17, 15) is 4.79 Å². The van der Waals surface area contributed by atoms with E-state index in [4.69, 9.17) is 10.5 Å². The molecular weight excluding hydrogens is 228 g/mol. The van der Waals surface area contributed by atoms with E-state index < -0.39 is 6.04 Å². The first-order valence-corrected chi connectivity index (χ1v) is 5.97. The van der Waals surface area contributed by atoms with Crippen LogP contribution in [0, 0.1) is 0 Å². The summed E-state index contributed by atoms with van der Waals surface area (Å²) in [6.07, 6.45) is 2.21. The van der Waals surface area contributed by atoms with Gasteiger partial charge in [-0.05, 0) is 31.0 Å². The first kappa shape index (κ1) is 12.5. The molecule has 0 spiro atoms. The quantitative estimate of drug-likeness (QED) is 0.831. The van der Waals surface area contributed by atoms with E-state index >= 15 is 0 Å². The lowest BCUT2D eigenvalue weighted by Crippen LogP contribution is -2.34. The zero-order valence-corrected chi connectivity index (χ0v) is 10.3. The van der Waals surface area contributed by atoms with Crippen LogP contribution >= 0.6 is 0 Å². The second-order valence-corrected chi connectivity index (χ2v) is 4.05. The number of nitrogens with two attached hydrogens (primary N) is 1. The number of benzene rings is 1. The number of ether oxygens (including phenoxy) is 1. The standard InChI is InChI=1S/C14H16N2O2/c1-2-18-14(17)12(15)9-10-5-3-7-13-11(10)6-4-8-16-13/h3-8,12H,2,9,15H2,1H3. The van der Waals surface area contributed by atoms with Crippen molar-refractivity contribution in [3.05, 3.63) is 42.1 Å². The third kappa shape index (κ3) is 2.65. The molecule has 0 radical (unpaired) electrons. The van der Waals surface area contributed by atoms with E-state index in [2.05, 4.69) is 4.98 Å². The summed E-state index contributed by atoms with van der Waals surface area (Å²) in [7, 11) is 0. The van der Waals surface area contributed by atoms with Crippen LogP contribution in [0.25, 0.3) is 10.9 Å². The lowest BCUT2D eigenvalue weighted by Gasteiger charge is -2.12. The van der Waals surface area contributed by atoms with Crippen molar-refractivity contribution in [3.8, 4) is 0 Å². The van der Waals surface area contributed by atoms with Gasteiger partial charge in [-0.25, -0.2) is 0 Å². The second kappa shape index (κ2) is 5.60. The third-order valence-electron chi connectivity index (χ3n) is 2.77. The minimum absolute atomic E-state index is 0.351. The molecule has 1 aromatic carbocycles. The fourth-order valence-electron chi connectivity index (χ4n) is 1.91. The van der Waals surface area contributed by atoms with Crippen molar-refractivity contribution in [2.24, 2.45) is 5.73 Å². The molecule has 0 aliphatic rings. The van der Waals surface area contributed by atoms with Crippen LogP contribution in [0.5, 0.6) is 0 Å². The maximum absolute atomic E-state index is 11.5. The smallest absolute Gasteiger partial charge is 0.323 e. The van der Waals surface area contributed by atoms with Gasteiger partial charge in [-0.3, -0.25) is 9.78 Å². The summed E-state index contributed by atoms with van der Waals surface area (Å²) in [5.41, 5.74) is 7.75. The fourth-order valence-corrected chi connectivity index (χ4v) is 1.91. The molecule has 4 nitrogen and oxygen atoms in total. The SMILES string of the molecule is CCOC(=O)C(N)Cc1cccc2ncccc12. The predicted octanol–water partition coefficient (Wildman–Crippen LogP) is 1.67. The van der Waals surface area contributed by atoms with Crippen molar-refractivity contribution in [1.29, 1.82) is 0 Å². The van der Waals surface area contributed by atoms with Crippen molar-refractivity contribution < 1.29 is 9.53 Å². The van der Waals surface area contributed by atoms with E-state index in [0.29, 0.717) is 13.0 Å². The van der Waals surface area contributed by atoms with Gasteiger partial charge in [0.25, 0.3) is 0 Å². The van der Waals surface area contributed by atoms with Gasteiger partial charge in [0.15, 0.2) is 0 Å². The van der Waals surface area contributed by atoms with Gasteiger partial charge >= 0.3 is 5.97 Å². The summed E-state index contributed by atoms with van der Waals surface area (Å²) in [5, 5.41) is 1.03. The van der Waals surface area contributed by atoms with E-state index in [1.54, 1.807) is 13.1 Å². The van der Waals surface area contributed by atoms with E-state index in [1.807, 2.05) is 30.3 Å². The molecule has 1 unspecified atom stereocenters. The van der Waals surface area contributed by atoms with Crippen LogP contribution in [0.4, 0.5) is 0 Å². The monoisotopic (exact) mass is 244 g/mol. The Labute approximate surface area is 106 Å². The topological polar surface area (TPSA) is 65.2 Å². The molecule has 94 valence electrons. The predicted molar refractivity (Wildman–Crippen MR) is 70.1 cm³/mol. The summed E-state index contributed by atoms with van der Waals surface area (Å²) in [6, 6.07) is 9.05. The van der Waals surface area contributed by atoms with Crippen LogP contribution in [-0.4, -0.2) is 23.6 Å². The van der Waals surface area contributed by atoms with Gasteiger partial charge in [0, 0.05) is 11.6 Å². The number of nitrogens with zero attached hydrogens (tertiary/aromatic N) is 1. The zero-order valence-electron chi connectivity index (χ0n) is 10.3. The highest BCUT2D eigenvalue weighted by Crippen LogP contribution is 2.17. The molecular formula is C14H16N2O2. The number of hydrogen-bond acceptors (Lipinski definition) is 4. The average Bonchev–Trinajstić information content (AvgIpc) is 2.39. The zero-order chi connectivity index (χ0) is 13.0. The molecule has 4 heteroatoms. The van der Waals surface area contributed by atoms with Gasteiger partial charge in [0.1, 0.15) is 6.04 Å². The van der Waals surface area contributed by atoms with Crippen LogP contribution in [0.15, 0.2) is 36.5 Å². The highest BCUT2D eigenvalue weighted by atomic mass is 16.5. The number of carbonyl (C=O) groups is 1. The van der Waals surface area contributed by atoms with Gasteiger partial charge in [-0.1, -0.05) is 18.2 Å². The second-order valence-electron chi connectivity index (χ2n) is 4.05. The highest BCUT2D eigenvalue weighted by molar-refractivity contribution is 5.83. The molecule has 0 aliphatic carbocycles. The van der Waals surface area contributed by atoms with Gasteiger partial charge in [0.2, 0.25) is 0 Å². The average molecular weight is 244 g/mol. The van der Waals surface area contributed by atoms with Crippen molar-refractivity contribution in [1.82, 2.24) is 4.98 Å². The highest BCUT2D eigenvalue weighted by Gasteiger charge is 2.16. The Morgan fingerprint density at radius 2 is 2.22 bits per heavy atom. The third-order valence-corrected chi connectivity index (χ3v) is 2.77. The molecule has 0 amide bonds. The molecule has 0 saturated heterocycles. The molecule has 0 bridgehead atoms. The Morgan fingerprint density at radius 3 is 3.00 bits per heavy atom. The fraction of sp³-hybridized carbons (Fsp3) is 0.286. The largest absolute Gasteiger partial charge is 0.465 e. The van der Waals surface area contributed by atoms with Gasteiger partial charge < -0.3 is 10.5 Å². The van der Waals surface area contributed by atoms with Crippen molar-refractivity contribution >= 4 is 16.9 Å². The minimum Gasteiger partial charge on any atom is -0.465 e. The van der Waals surface area contributed by atoms with Crippen LogP contribution in [-0.2, 0) is 16.0 Å². The maximum atomic E-state index is 11.5. The lowest BCUT2D eigenvalue weighted by molar-refractivity contribution is -0.144. The Kier molecular flexibility index (Phi) is 3.89. The number of pyridine rings is 1. The molecule has 2 N–H and O–H groups in total. The van der Waals surface area contributed by atoms with E-state index in [0.717, 1.165) is 16.5 Å². The lowest BCUT2D eigenvalue weighted by atomic mass is 10.0. The Hall–Kier alpha value is -1.94. The van der Waals surface area contributed by atoms with Crippen molar-refractivity contribution in [2.45, 2.75) is 19.4 Å². The summed E-state index contributed by atoms with van der Waals surface area (Å²) in [4.78, 5) is 15.8. The molecule has 1 atom stereocenters. The number of fused-ring (bicyclic) bond motifs is 1. The molecule has 1 aromatic heterocycles. The molecule has 1 heterocycles. The number of carbonyl (C=O) groups excluding carboxylic acids is 1. The Bertz CT molecular complexity index is 549. The Morgan fingerprint density at radius 1 is 1.39 bits per heavy atom. The summed E-state index contributed by atoms with van der Waals surface area (Å²) >= 11 is 0. The summed E-state index contributed by atoms with van der Waals surface area (Å²) < 4.78 is 4.91. The van der Waals surface area contributed by atoms with Crippen molar-refractivity contribution in [2.75, 3.05) is 6.61 Å². The Balaban J connectivity index is 2.24. The van der Waals surface area contributed by atoms with Gasteiger partial charge in [-0.2, -0.15) is 0 Å². The molecule has 0 saturated carbocycles. The van der Waals surface area contributed by atoms with Crippen LogP contribution in [0.1, 0.15) is 12.5 Å². The van der Waals surface area contributed by atoms with E-state index in [-0.39, 0.29) is 5.97 Å². The first-order valence-electron chi connectivity index (χ1n) is 5.97. The van der Waals surface area contributed by atoms with Crippen LogP contribution in [0.3, 0.4) is 0 Å². The number of rotatable bonds is 4. The molecule has 0 aliphatic heterocycles. The minimum atomic E-state index is -0.629. The first-order chi connectivity index (χ1) is 8.72. The summed E-state index contributed by atoms with van der Waals surface area (Å²) in [5.74, 6) is -0.363. The normalized spacial score (nSPS) is 12.3. The number of hydrogen-bond donors (Lipinski definition) is 1. The van der Waals surface area contributed by atoms with Crippen molar-refractivity contribution in [3.63, 3.8) is 0 Å². The number of aromatic nitrogens is 1.